The molecule has 7 nitrogen and oxygen atoms in total. The maximum atomic E-state index is 11.8. The zero-order valence-corrected chi connectivity index (χ0v) is 16.5. The predicted octanol–water partition coefficient (Wildman–Crippen LogP) is 2.90. The van der Waals surface area contributed by atoms with Crippen LogP contribution in [0, 0.1) is 0 Å². The molecule has 0 unspecified atom stereocenters. The number of amides is 2. The first-order valence-corrected chi connectivity index (χ1v) is 8.95. The highest BCUT2D eigenvalue weighted by Gasteiger charge is 2.09. The highest BCUT2D eigenvalue weighted by atomic mass is 35.5. The Kier molecular flexibility index (Phi) is 8.30. The van der Waals surface area contributed by atoms with E-state index in [1.54, 1.807) is 12.1 Å². The van der Waals surface area contributed by atoms with E-state index in [1.807, 2.05) is 30.3 Å². The quantitative estimate of drug-likeness (QED) is 0.497. The SMILES string of the molecule is COc1cc(Cl)c(/C=N/NC(=O)CCC(=O)NCc2ccccc2)cc1OC. The smallest absolute Gasteiger partial charge is 0.240 e. The van der Waals surface area contributed by atoms with Crippen molar-refractivity contribution >= 4 is 29.6 Å². The van der Waals surface area contributed by atoms with Gasteiger partial charge in [-0.1, -0.05) is 41.9 Å². The Morgan fingerprint density at radius 2 is 1.68 bits per heavy atom. The van der Waals surface area contributed by atoms with Gasteiger partial charge in [-0.25, -0.2) is 5.43 Å². The van der Waals surface area contributed by atoms with Crippen LogP contribution in [0.15, 0.2) is 47.6 Å². The van der Waals surface area contributed by atoms with Crippen molar-refractivity contribution in [2.75, 3.05) is 14.2 Å². The van der Waals surface area contributed by atoms with E-state index < -0.39 is 0 Å². The topological polar surface area (TPSA) is 89.0 Å². The largest absolute Gasteiger partial charge is 0.493 e. The van der Waals surface area contributed by atoms with Gasteiger partial charge in [0.05, 0.1) is 25.5 Å². The van der Waals surface area contributed by atoms with E-state index in [4.69, 9.17) is 21.1 Å². The van der Waals surface area contributed by atoms with Crippen LogP contribution in [0.2, 0.25) is 5.02 Å². The number of carbonyl (C=O) groups is 2. The van der Waals surface area contributed by atoms with Crippen LogP contribution >= 0.6 is 11.6 Å². The number of carbonyl (C=O) groups excluding carboxylic acids is 2. The van der Waals surface area contributed by atoms with E-state index in [9.17, 15) is 9.59 Å². The lowest BCUT2D eigenvalue weighted by Crippen LogP contribution is -2.25. The third kappa shape index (κ3) is 6.59. The molecule has 0 aliphatic carbocycles. The summed E-state index contributed by atoms with van der Waals surface area (Å²) in [5.74, 6) is 0.415. The Morgan fingerprint density at radius 3 is 2.36 bits per heavy atom. The number of hydrazone groups is 1. The van der Waals surface area contributed by atoms with E-state index in [-0.39, 0.29) is 24.7 Å². The average molecular weight is 404 g/mol. The Bertz CT molecular complexity index is 841. The minimum atomic E-state index is -0.372. The third-order valence-electron chi connectivity index (χ3n) is 3.81. The number of rotatable bonds is 9. The molecule has 0 aromatic heterocycles. The van der Waals surface area contributed by atoms with E-state index in [0.717, 1.165) is 5.56 Å². The first-order valence-electron chi connectivity index (χ1n) is 8.57. The van der Waals surface area contributed by atoms with Crippen LogP contribution in [0.1, 0.15) is 24.0 Å². The Hall–Kier alpha value is -3.06. The van der Waals surface area contributed by atoms with Gasteiger partial charge >= 0.3 is 0 Å². The number of methoxy groups -OCH3 is 2. The molecule has 0 saturated heterocycles. The van der Waals surface area contributed by atoms with Gasteiger partial charge in [0.15, 0.2) is 11.5 Å². The minimum absolute atomic E-state index is 0.0254. The van der Waals surface area contributed by atoms with Gasteiger partial charge < -0.3 is 14.8 Å². The third-order valence-corrected chi connectivity index (χ3v) is 4.13. The lowest BCUT2D eigenvalue weighted by molar-refractivity contribution is -0.126. The van der Waals surface area contributed by atoms with Gasteiger partial charge in [-0.15, -0.1) is 0 Å². The van der Waals surface area contributed by atoms with E-state index in [0.29, 0.717) is 28.6 Å². The molecule has 0 radical (unpaired) electrons. The lowest BCUT2D eigenvalue weighted by atomic mass is 10.2. The van der Waals surface area contributed by atoms with E-state index in [2.05, 4.69) is 15.8 Å². The minimum Gasteiger partial charge on any atom is -0.493 e. The summed E-state index contributed by atoms with van der Waals surface area (Å²) in [6.07, 6.45) is 1.50. The highest BCUT2D eigenvalue weighted by molar-refractivity contribution is 6.33. The van der Waals surface area contributed by atoms with Gasteiger partial charge in [0, 0.05) is 31.0 Å². The normalized spacial score (nSPS) is 10.5. The molecule has 148 valence electrons. The summed E-state index contributed by atoms with van der Waals surface area (Å²) in [5.41, 5.74) is 3.93. The van der Waals surface area contributed by atoms with Crippen molar-refractivity contribution in [1.29, 1.82) is 0 Å². The van der Waals surface area contributed by atoms with Crippen molar-refractivity contribution in [2.24, 2.45) is 5.10 Å². The monoisotopic (exact) mass is 403 g/mol. The van der Waals surface area contributed by atoms with Crippen LogP contribution in [-0.4, -0.2) is 32.2 Å². The van der Waals surface area contributed by atoms with Crippen molar-refractivity contribution in [3.8, 4) is 11.5 Å². The number of benzene rings is 2. The fourth-order valence-electron chi connectivity index (χ4n) is 2.31. The van der Waals surface area contributed by atoms with Crippen LogP contribution in [0.5, 0.6) is 11.5 Å². The fourth-order valence-corrected chi connectivity index (χ4v) is 2.51. The number of hydrogen-bond donors (Lipinski definition) is 2. The van der Waals surface area contributed by atoms with Crippen LogP contribution in [0.25, 0.3) is 0 Å². The number of hydrogen-bond acceptors (Lipinski definition) is 5. The molecule has 2 N–H and O–H groups in total. The maximum absolute atomic E-state index is 11.8. The first-order chi connectivity index (χ1) is 13.5. The number of ether oxygens (including phenoxy) is 2. The van der Waals surface area contributed by atoms with Gasteiger partial charge in [0.1, 0.15) is 0 Å². The summed E-state index contributed by atoms with van der Waals surface area (Å²) in [4.78, 5) is 23.7. The summed E-state index contributed by atoms with van der Waals surface area (Å²) < 4.78 is 10.4. The zero-order chi connectivity index (χ0) is 20.4. The van der Waals surface area contributed by atoms with Crippen molar-refractivity contribution < 1.29 is 19.1 Å². The number of nitrogens with one attached hydrogen (secondary N) is 2. The molecule has 0 aliphatic rings. The molecule has 0 aliphatic heterocycles. The molecule has 2 amide bonds. The highest BCUT2D eigenvalue weighted by Crippen LogP contribution is 2.32. The molecule has 8 heteroatoms. The average Bonchev–Trinajstić information content (AvgIpc) is 2.72. The predicted molar refractivity (Wildman–Crippen MR) is 108 cm³/mol. The summed E-state index contributed by atoms with van der Waals surface area (Å²) in [7, 11) is 3.02. The van der Waals surface area contributed by atoms with Crippen molar-refractivity contribution in [2.45, 2.75) is 19.4 Å². The van der Waals surface area contributed by atoms with Crippen LogP contribution in [0.4, 0.5) is 0 Å². The van der Waals surface area contributed by atoms with Crippen molar-refractivity contribution in [3.05, 3.63) is 58.6 Å². The van der Waals surface area contributed by atoms with Crippen molar-refractivity contribution in [3.63, 3.8) is 0 Å². The summed E-state index contributed by atoms with van der Waals surface area (Å²) in [5, 5.41) is 7.03. The second-order valence-electron chi connectivity index (χ2n) is 5.78. The lowest BCUT2D eigenvalue weighted by Gasteiger charge is -2.09. The molecule has 0 saturated carbocycles. The fraction of sp³-hybridized carbons (Fsp3) is 0.250. The van der Waals surface area contributed by atoms with E-state index in [1.165, 1.54) is 20.4 Å². The van der Waals surface area contributed by atoms with Gasteiger partial charge in [-0.3, -0.25) is 9.59 Å². The van der Waals surface area contributed by atoms with Crippen LogP contribution < -0.4 is 20.2 Å². The van der Waals surface area contributed by atoms with E-state index >= 15 is 0 Å². The Balaban J connectivity index is 1.78. The van der Waals surface area contributed by atoms with Crippen LogP contribution in [-0.2, 0) is 16.1 Å². The van der Waals surface area contributed by atoms with Gasteiger partial charge in [0.25, 0.3) is 0 Å². The molecule has 0 heterocycles. The molecule has 0 spiro atoms. The molecular weight excluding hydrogens is 382 g/mol. The van der Waals surface area contributed by atoms with Crippen molar-refractivity contribution in [1.82, 2.24) is 10.7 Å². The standard InChI is InChI=1S/C20H22ClN3O4/c1-27-17-10-15(16(21)11-18(17)28-2)13-23-24-20(26)9-8-19(25)22-12-14-6-4-3-5-7-14/h3-7,10-11,13H,8-9,12H2,1-2H3,(H,22,25)(H,24,26)/b23-13+. The molecule has 2 aromatic rings. The molecular formula is C20H22ClN3O4. The summed E-state index contributed by atoms with van der Waals surface area (Å²) in [6, 6.07) is 12.8. The van der Waals surface area contributed by atoms with Gasteiger partial charge in [0.2, 0.25) is 11.8 Å². The van der Waals surface area contributed by atoms with Crippen LogP contribution in [0.3, 0.4) is 0 Å². The second kappa shape index (κ2) is 10.9. The Labute approximate surface area is 168 Å². The number of nitrogens with zero attached hydrogens (tertiary/aromatic N) is 1. The van der Waals surface area contributed by atoms with Gasteiger partial charge in [-0.05, 0) is 11.6 Å². The molecule has 2 rings (SSSR count). The molecule has 0 fully saturated rings. The first kappa shape index (κ1) is 21.2. The Morgan fingerprint density at radius 1 is 1.04 bits per heavy atom. The number of halogens is 1. The molecule has 2 aromatic carbocycles. The molecule has 0 bridgehead atoms. The second-order valence-corrected chi connectivity index (χ2v) is 6.19. The zero-order valence-electron chi connectivity index (χ0n) is 15.7. The summed E-state index contributed by atoms with van der Waals surface area (Å²) >= 11 is 6.15. The van der Waals surface area contributed by atoms with Gasteiger partial charge in [-0.2, -0.15) is 5.10 Å². The maximum Gasteiger partial charge on any atom is 0.240 e. The molecule has 28 heavy (non-hydrogen) atoms. The summed E-state index contributed by atoms with van der Waals surface area (Å²) in [6.45, 7) is 0.428. The molecule has 0 atom stereocenters.